The fourth-order valence-corrected chi connectivity index (χ4v) is 2.30. The van der Waals surface area contributed by atoms with E-state index in [1.165, 1.54) is 27.9 Å². The van der Waals surface area contributed by atoms with Crippen molar-refractivity contribution in [3.63, 3.8) is 0 Å². The summed E-state index contributed by atoms with van der Waals surface area (Å²) in [5, 5.41) is 3.98. The van der Waals surface area contributed by atoms with Gasteiger partial charge < -0.3 is 10.6 Å². The summed E-state index contributed by atoms with van der Waals surface area (Å²) in [4.78, 5) is 13.7. The number of hydrogen-bond acceptors (Lipinski definition) is 3. The van der Waals surface area contributed by atoms with Crippen molar-refractivity contribution in [1.82, 2.24) is 9.78 Å². The maximum absolute atomic E-state index is 12.5. The van der Waals surface area contributed by atoms with Gasteiger partial charge in [0, 0.05) is 12.2 Å². The van der Waals surface area contributed by atoms with Gasteiger partial charge >= 0.3 is 6.18 Å². The van der Waals surface area contributed by atoms with Crippen LogP contribution in [0.3, 0.4) is 0 Å². The fraction of sp³-hybridized carbons (Fsp3) is 0.231. The Balaban J connectivity index is 1.92. The second-order valence-electron chi connectivity index (χ2n) is 4.67. The van der Waals surface area contributed by atoms with Gasteiger partial charge in [0.25, 0.3) is 5.91 Å². The molecular formula is C13H11F3N4O. The molecule has 0 fully saturated rings. The first-order chi connectivity index (χ1) is 9.88. The first-order valence-electron chi connectivity index (χ1n) is 6.18. The molecule has 8 heteroatoms. The topological polar surface area (TPSA) is 64.1 Å². The minimum Gasteiger partial charge on any atom is -0.396 e. The second-order valence-corrected chi connectivity index (χ2v) is 4.67. The molecule has 0 bridgehead atoms. The number of halogens is 3. The van der Waals surface area contributed by atoms with E-state index >= 15 is 0 Å². The number of rotatable bonds is 1. The van der Waals surface area contributed by atoms with Gasteiger partial charge in [-0.25, -0.2) is 0 Å². The van der Waals surface area contributed by atoms with Crippen LogP contribution >= 0.6 is 0 Å². The number of hydrogen-bond donors (Lipinski definition) is 1. The Morgan fingerprint density at radius 1 is 1.14 bits per heavy atom. The van der Waals surface area contributed by atoms with E-state index in [9.17, 15) is 18.0 Å². The molecule has 5 nitrogen and oxygen atoms in total. The highest BCUT2D eigenvalue weighted by atomic mass is 19.4. The number of aromatic nitrogens is 2. The van der Waals surface area contributed by atoms with Crippen molar-refractivity contribution < 1.29 is 18.0 Å². The average molecular weight is 296 g/mol. The number of carbonyl (C=O) groups is 1. The monoisotopic (exact) mass is 296 g/mol. The number of amides is 1. The smallest absolute Gasteiger partial charge is 0.396 e. The van der Waals surface area contributed by atoms with Crippen LogP contribution in [-0.4, -0.2) is 22.2 Å². The van der Waals surface area contributed by atoms with Crippen LogP contribution in [0.4, 0.5) is 24.5 Å². The lowest BCUT2D eigenvalue weighted by Gasteiger charge is -2.28. The Hall–Kier alpha value is -2.51. The van der Waals surface area contributed by atoms with E-state index in [1.54, 1.807) is 0 Å². The predicted octanol–water partition coefficient (Wildman–Crippen LogP) is 2.14. The molecule has 0 atom stereocenters. The van der Waals surface area contributed by atoms with E-state index < -0.39 is 11.7 Å². The van der Waals surface area contributed by atoms with E-state index in [4.69, 9.17) is 5.73 Å². The largest absolute Gasteiger partial charge is 0.416 e. The summed E-state index contributed by atoms with van der Waals surface area (Å²) in [6, 6.07) is 4.47. The zero-order chi connectivity index (χ0) is 15.2. The summed E-state index contributed by atoms with van der Waals surface area (Å²) >= 11 is 0. The van der Waals surface area contributed by atoms with Crippen molar-refractivity contribution >= 4 is 17.3 Å². The third-order valence-electron chi connectivity index (χ3n) is 3.36. The summed E-state index contributed by atoms with van der Waals surface area (Å²) in [7, 11) is 0. The first kappa shape index (κ1) is 13.5. The maximum atomic E-state index is 12.5. The molecular weight excluding hydrogens is 285 g/mol. The minimum atomic E-state index is -4.40. The first-order valence-corrected chi connectivity index (χ1v) is 6.18. The normalized spacial score (nSPS) is 15.2. The van der Waals surface area contributed by atoms with Gasteiger partial charge in [-0.15, -0.1) is 0 Å². The number of nitrogens with two attached hydrogens (primary N) is 1. The zero-order valence-corrected chi connectivity index (χ0v) is 10.8. The van der Waals surface area contributed by atoms with Crippen LogP contribution < -0.4 is 10.6 Å². The molecule has 0 saturated heterocycles. The number of anilines is 2. The highest BCUT2D eigenvalue weighted by Crippen LogP contribution is 2.31. The summed E-state index contributed by atoms with van der Waals surface area (Å²) in [6.07, 6.45) is -3.00. The minimum absolute atomic E-state index is 0.261. The summed E-state index contributed by atoms with van der Waals surface area (Å²) < 4.78 is 39.1. The highest BCUT2D eigenvalue weighted by molar-refractivity contribution is 6.08. The van der Waals surface area contributed by atoms with Crippen molar-refractivity contribution in [3.05, 3.63) is 41.7 Å². The van der Waals surface area contributed by atoms with Crippen LogP contribution in [0.15, 0.2) is 30.5 Å². The molecule has 2 N–H and O–H groups in total. The number of fused-ring (bicyclic) bond motifs is 1. The van der Waals surface area contributed by atoms with Crippen LogP contribution in [0.1, 0.15) is 16.1 Å². The molecule has 1 aromatic carbocycles. The van der Waals surface area contributed by atoms with E-state index in [-0.39, 0.29) is 17.3 Å². The van der Waals surface area contributed by atoms with Crippen LogP contribution in [0.2, 0.25) is 0 Å². The van der Waals surface area contributed by atoms with Gasteiger partial charge in [0.2, 0.25) is 0 Å². The molecule has 0 spiro atoms. The van der Waals surface area contributed by atoms with E-state index in [2.05, 4.69) is 5.10 Å². The maximum Gasteiger partial charge on any atom is 0.416 e. The lowest BCUT2D eigenvalue weighted by molar-refractivity contribution is -0.137. The quantitative estimate of drug-likeness (QED) is 0.877. The van der Waals surface area contributed by atoms with Gasteiger partial charge in [0.15, 0.2) is 0 Å². The molecule has 0 radical (unpaired) electrons. The van der Waals surface area contributed by atoms with Crippen molar-refractivity contribution in [3.8, 4) is 0 Å². The number of carbonyl (C=O) groups excluding carboxylic acids is 1. The van der Waals surface area contributed by atoms with Crippen LogP contribution in [-0.2, 0) is 12.7 Å². The van der Waals surface area contributed by atoms with Gasteiger partial charge in [-0.3, -0.25) is 9.48 Å². The standard InChI is InChI=1S/C13H11F3N4O/c14-13(15,16)8-1-3-9(4-2-8)19-5-6-20-11(12(19)21)10(17)7-18-20/h1-4,7H,5-6,17H2. The Morgan fingerprint density at radius 3 is 2.43 bits per heavy atom. The molecule has 2 aromatic rings. The van der Waals surface area contributed by atoms with Gasteiger partial charge in [0.1, 0.15) is 5.69 Å². The molecule has 1 aliphatic rings. The van der Waals surface area contributed by atoms with Crippen LogP contribution in [0.5, 0.6) is 0 Å². The lowest BCUT2D eigenvalue weighted by Crippen LogP contribution is -2.40. The van der Waals surface area contributed by atoms with E-state index in [0.29, 0.717) is 18.8 Å². The molecule has 0 saturated carbocycles. The third kappa shape index (κ3) is 2.22. The second kappa shape index (κ2) is 4.51. The Kier molecular flexibility index (Phi) is 2.89. The molecule has 1 amide bonds. The predicted molar refractivity (Wildman–Crippen MR) is 69.8 cm³/mol. The number of alkyl halides is 3. The molecule has 0 aliphatic carbocycles. The van der Waals surface area contributed by atoms with Crippen LogP contribution in [0, 0.1) is 0 Å². The van der Waals surface area contributed by atoms with Crippen LogP contribution in [0.25, 0.3) is 0 Å². The summed E-state index contributed by atoms with van der Waals surface area (Å²) in [6.45, 7) is 0.775. The van der Waals surface area contributed by atoms with E-state index in [0.717, 1.165) is 12.1 Å². The average Bonchev–Trinajstić information content (AvgIpc) is 2.81. The highest BCUT2D eigenvalue weighted by Gasteiger charge is 2.32. The zero-order valence-electron chi connectivity index (χ0n) is 10.8. The Bertz CT molecular complexity index is 690. The van der Waals surface area contributed by atoms with Gasteiger partial charge in [-0.2, -0.15) is 18.3 Å². The van der Waals surface area contributed by atoms with Crippen molar-refractivity contribution in [2.75, 3.05) is 17.2 Å². The molecule has 110 valence electrons. The van der Waals surface area contributed by atoms with Crippen molar-refractivity contribution in [2.24, 2.45) is 0 Å². The third-order valence-corrected chi connectivity index (χ3v) is 3.36. The molecule has 21 heavy (non-hydrogen) atoms. The molecule has 2 heterocycles. The SMILES string of the molecule is Nc1cnn2c1C(=O)N(c1ccc(C(F)(F)F)cc1)CC2. The Labute approximate surface area is 117 Å². The van der Waals surface area contributed by atoms with Crippen molar-refractivity contribution in [2.45, 2.75) is 12.7 Å². The number of nitrogen functional groups attached to an aromatic ring is 1. The van der Waals surface area contributed by atoms with E-state index in [1.807, 2.05) is 0 Å². The molecule has 1 aromatic heterocycles. The summed E-state index contributed by atoms with van der Waals surface area (Å²) in [5.74, 6) is -0.365. The van der Waals surface area contributed by atoms with Gasteiger partial charge in [-0.1, -0.05) is 0 Å². The Morgan fingerprint density at radius 2 is 1.81 bits per heavy atom. The summed E-state index contributed by atoms with van der Waals surface area (Å²) in [5.41, 5.74) is 5.87. The molecule has 3 rings (SSSR count). The number of benzene rings is 1. The van der Waals surface area contributed by atoms with Gasteiger partial charge in [-0.05, 0) is 24.3 Å². The van der Waals surface area contributed by atoms with Crippen molar-refractivity contribution in [1.29, 1.82) is 0 Å². The molecule has 0 unspecified atom stereocenters. The lowest BCUT2D eigenvalue weighted by atomic mass is 10.1. The van der Waals surface area contributed by atoms with Gasteiger partial charge in [0.05, 0.1) is 24.0 Å². The fourth-order valence-electron chi connectivity index (χ4n) is 2.30. The number of nitrogens with zero attached hydrogens (tertiary/aromatic N) is 3. The molecule has 1 aliphatic heterocycles.